The van der Waals surface area contributed by atoms with Crippen LogP contribution in [0.3, 0.4) is 0 Å². The Morgan fingerprint density at radius 2 is 1.52 bits per heavy atom. The van der Waals surface area contributed by atoms with Crippen molar-refractivity contribution >= 4 is 23.6 Å². The number of carbonyl (C=O) groups is 3. The summed E-state index contributed by atoms with van der Waals surface area (Å²) in [6, 6.07) is 15.9. The molecule has 3 amide bonds. The fourth-order valence-corrected chi connectivity index (χ4v) is 6.67. The van der Waals surface area contributed by atoms with Gasteiger partial charge in [0.15, 0.2) is 0 Å². The van der Waals surface area contributed by atoms with Gasteiger partial charge in [-0.15, -0.1) is 0 Å². The molecule has 3 fully saturated rings. The molecule has 1 atom stereocenters. The van der Waals surface area contributed by atoms with Gasteiger partial charge in [0.25, 0.3) is 0 Å². The van der Waals surface area contributed by atoms with Crippen molar-refractivity contribution in [2.75, 3.05) is 38.2 Å². The van der Waals surface area contributed by atoms with E-state index in [1.807, 2.05) is 62.1 Å². The van der Waals surface area contributed by atoms with Crippen molar-refractivity contribution in [3.05, 3.63) is 59.7 Å². The molecule has 0 aliphatic carbocycles. The molecule has 8 nitrogen and oxygen atoms in total. The van der Waals surface area contributed by atoms with Crippen molar-refractivity contribution in [1.82, 2.24) is 9.80 Å². The van der Waals surface area contributed by atoms with Crippen LogP contribution < -0.4 is 9.64 Å². The monoisotopic (exact) mass is 575 g/mol. The number of likely N-dealkylation sites (tertiary alicyclic amines) is 2. The third-order valence-corrected chi connectivity index (χ3v) is 9.05. The molecule has 5 rings (SSSR count). The molecule has 42 heavy (non-hydrogen) atoms. The van der Waals surface area contributed by atoms with E-state index in [-0.39, 0.29) is 30.4 Å². The zero-order chi connectivity index (χ0) is 29.9. The number of anilines is 1. The quantitative estimate of drug-likeness (QED) is 0.394. The highest BCUT2D eigenvalue weighted by molar-refractivity contribution is 6.01. The summed E-state index contributed by atoms with van der Waals surface area (Å²) in [5.41, 5.74) is 2.58. The molecule has 8 heteroatoms. The topological polar surface area (TPSA) is 79.4 Å². The van der Waals surface area contributed by atoms with E-state index in [4.69, 9.17) is 9.47 Å². The minimum absolute atomic E-state index is 0.109. The number of rotatable bonds is 6. The summed E-state index contributed by atoms with van der Waals surface area (Å²) in [5, 5.41) is 0. The maximum absolute atomic E-state index is 13.5. The number of amides is 3. The van der Waals surface area contributed by atoms with Gasteiger partial charge >= 0.3 is 6.09 Å². The number of hydrogen-bond donors (Lipinski definition) is 0. The van der Waals surface area contributed by atoms with Gasteiger partial charge in [-0.3, -0.25) is 14.5 Å². The molecule has 3 aliphatic rings. The number of methoxy groups -OCH3 is 1. The third-order valence-electron chi connectivity index (χ3n) is 9.05. The second-order valence-electron chi connectivity index (χ2n) is 13.0. The number of benzene rings is 2. The van der Waals surface area contributed by atoms with Crippen LogP contribution in [0.1, 0.15) is 76.3 Å². The second-order valence-corrected chi connectivity index (χ2v) is 13.0. The van der Waals surface area contributed by atoms with Crippen LogP contribution in [0.5, 0.6) is 5.75 Å². The maximum atomic E-state index is 13.5. The van der Waals surface area contributed by atoms with Gasteiger partial charge in [0.05, 0.1) is 19.6 Å². The van der Waals surface area contributed by atoms with Crippen molar-refractivity contribution in [3.63, 3.8) is 0 Å². The number of nitrogens with zero attached hydrogens (tertiary/aromatic N) is 3. The lowest BCUT2D eigenvalue weighted by Crippen LogP contribution is -2.44. The first-order valence-corrected chi connectivity index (χ1v) is 15.4. The minimum Gasteiger partial charge on any atom is -0.497 e. The smallest absolute Gasteiger partial charge is 0.410 e. The Labute approximate surface area is 249 Å². The summed E-state index contributed by atoms with van der Waals surface area (Å²) >= 11 is 0. The van der Waals surface area contributed by atoms with Crippen LogP contribution >= 0.6 is 0 Å². The molecule has 3 heterocycles. The Kier molecular flexibility index (Phi) is 9.09. The number of carbonyl (C=O) groups excluding carboxylic acids is 3. The standard InChI is InChI=1S/C34H45N3O5/c1-34(2,3)42-33(40)36-20-16-26(17-21-36)25-14-18-35(19-15-25)28-7-5-6-27(22-28)30-12-13-31(38)37(32(30)39)23-24-8-10-29(41-4)11-9-24/h5-11,22,25-26,30H,12-21,23H2,1-4H3. The van der Waals surface area contributed by atoms with Crippen molar-refractivity contribution in [2.45, 2.75) is 77.4 Å². The number of hydrogen-bond acceptors (Lipinski definition) is 6. The van der Waals surface area contributed by atoms with Crippen molar-refractivity contribution in [3.8, 4) is 5.75 Å². The Morgan fingerprint density at radius 3 is 2.14 bits per heavy atom. The van der Waals surface area contributed by atoms with Crippen molar-refractivity contribution in [2.24, 2.45) is 11.8 Å². The van der Waals surface area contributed by atoms with E-state index in [0.29, 0.717) is 24.7 Å². The molecule has 0 radical (unpaired) electrons. The first kappa shape index (κ1) is 29.9. The third kappa shape index (κ3) is 7.08. The van der Waals surface area contributed by atoms with E-state index in [0.717, 1.165) is 74.4 Å². The molecule has 3 saturated heterocycles. The highest BCUT2D eigenvalue weighted by Gasteiger charge is 2.36. The Balaban J connectivity index is 1.16. The van der Waals surface area contributed by atoms with E-state index < -0.39 is 5.60 Å². The molecule has 0 bridgehead atoms. The number of piperidine rings is 3. The molecule has 0 N–H and O–H groups in total. The fraction of sp³-hybridized carbons (Fsp3) is 0.559. The molecule has 2 aromatic rings. The molecule has 226 valence electrons. The van der Waals surface area contributed by atoms with Gasteiger partial charge < -0.3 is 19.3 Å². The largest absolute Gasteiger partial charge is 0.497 e. The summed E-state index contributed by atoms with van der Waals surface area (Å²) in [5.74, 6) is 1.53. The first-order valence-electron chi connectivity index (χ1n) is 15.4. The molecule has 0 aromatic heterocycles. The SMILES string of the molecule is COc1ccc(CN2C(=O)CCC(c3cccc(N4CCC(C5CCN(C(=O)OC(C)(C)C)CC5)CC4)c3)C2=O)cc1. The lowest BCUT2D eigenvalue weighted by Gasteiger charge is -2.41. The Bertz CT molecular complexity index is 1250. The van der Waals surface area contributed by atoms with Gasteiger partial charge in [-0.2, -0.15) is 0 Å². The summed E-state index contributed by atoms with van der Waals surface area (Å²) in [7, 11) is 1.62. The Hall–Kier alpha value is -3.55. The highest BCUT2D eigenvalue weighted by atomic mass is 16.6. The van der Waals surface area contributed by atoms with Crippen LogP contribution in [0, 0.1) is 11.8 Å². The summed E-state index contributed by atoms with van der Waals surface area (Å²) in [6.45, 7) is 9.53. The lowest BCUT2D eigenvalue weighted by atomic mass is 9.78. The minimum atomic E-state index is -0.462. The Morgan fingerprint density at radius 1 is 0.881 bits per heavy atom. The van der Waals surface area contributed by atoms with Crippen LogP contribution in [0.25, 0.3) is 0 Å². The van der Waals surface area contributed by atoms with E-state index in [1.54, 1.807) is 7.11 Å². The average Bonchev–Trinajstić information content (AvgIpc) is 2.99. The fourth-order valence-electron chi connectivity index (χ4n) is 6.67. The lowest BCUT2D eigenvalue weighted by molar-refractivity contribution is -0.150. The van der Waals surface area contributed by atoms with Crippen LogP contribution in [0.15, 0.2) is 48.5 Å². The molecule has 1 unspecified atom stereocenters. The van der Waals surface area contributed by atoms with Crippen LogP contribution in [-0.4, -0.2) is 66.6 Å². The van der Waals surface area contributed by atoms with Crippen molar-refractivity contribution in [1.29, 1.82) is 0 Å². The molecule has 2 aromatic carbocycles. The predicted molar refractivity (Wildman–Crippen MR) is 162 cm³/mol. The zero-order valence-corrected chi connectivity index (χ0v) is 25.5. The van der Waals surface area contributed by atoms with E-state index >= 15 is 0 Å². The zero-order valence-electron chi connectivity index (χ0n) is 25.5. The molecular formula is C34H45N3O5. The average molecular weight is 576 g/mol. The second kappa shape index (κ2) is 12.8. The van der Waals surface area contributed by atoms with E-state index in [9.17, 15) is 14.4 Å². The van der Waals surface area contributed by atoms with Gasteiger partial charge in [0.2, 0.25) is 11.8 Å². The summed E-state index contributed by atoms with van der Waals surface area (Å²) in [6.07, 6.45) is 5.06. The maximum Gasteiger partial charge on any atom is 0.410 e. The predicted octanol–water partition coefficient (Wildman–Crippen LogP) is 5.99. The van der Waals surface area contributed by atoms with Crippen LogP contribution in [-0.2, 0) is 20.9 Å². The van der Waals surface area contributed by atoms with Gasteiger partial charge in [-0.05, 0) is 100 Å². The van der Waals surface area contributed by atoms with Gasteiger partial charge in [-0.25, -0.2) is 4.79 Å². The summed E-state index contributed by atoms with van der Waals surface area (Å²) < 4.78 is 10.8. The highest BCUT2D eigenvalue weighted by Crippen LogP contribution is 2.36. The van der Waals surface area contributed by atoms with Gasteiger partial charge in [-0.1, -0.05) is 24.3 Å². The first-order chi connectivity index (χ1) is 20.1. The molecule has 3 aliphatic heterocycles. The van der Waals surface area contributed by atoms with Crippen LogP contribution in [0.2, 0.25) is 0 Å². The number of ether oxygens (including phenoxy) is 2. The summed E-state index contributed by atoms with van der Waals surface area (Å²) in [4.78, 5) is 44.4. The van der Waals surface area contributed by atoms with Gasteiger partial charge in [0.1, 0.15) is 11.4 Å². The normalized spacial score (nSPS) is 21.0. The van der Waals surface area contributed by atoms with E-state index in [1.165, 1.54) is 4.90 Å². The molecule has 0 saturated carbocycles. The molecule has 0 spiro atoms. The van der Waals surface area contributed by atoms with Crippen LogP contribution in [0.4, 0.5) is 10.5 Å². The molecular weight excluding hydrogens is 530 g/mol. The van der Waals surface area contributed by atoms with Gasteiger partial charge in [0, 0.05) is 38.3 Å². The van der Waals surface area contributed by atoms with Crippen molar-refractivity contribution < 1.29 is 23.9 Å². The number of imide groups is 1. The van der Waals surface area contributed by atoms with E-state index in [2.05, 4.69) is 17.0 Å².